The zero-order valence-electron chi connectivity index (χ0n) is 17.9. The van der Waals surface area contributed by atoms with Crippen molar-refractivity contribution >= 4 is 17.5 Å². The average Bonchev–Trinajstić information content (AvgIpc) is 2.51. The lowest BCUT2D eigenvalue weighted by molar-refractivity contribution is -0.881. The van der Waals surface area contributed by atoms with Crippen LogP contribution in [0.2, 0.25) is 0 Å². The van der Waals surface area contributed by atoms with Gasteiger partial charge in [0.25, 0.3) is 11.8 Å². The molecule has 152 valence electrons. The fourth-order valence-electron chi connectivity index (χ4n) is 3.44. The SMILES string of the molecule is CC[NH+](CC(=O)Nc1ccc(OC)cc1)CC(=O)NC(C)(C)CC(C)(C)C. The number of nitrogens with one attached hydrogen (secondary N) is 3. The number of carbonyl (C=O) groups is 2. The highest BCUT2D eigenvalue weighted by Gasteiger charge is 2.28. The molecule has 0 aliphatic heterocycles. The van der Waals surface area contributed by atoms with Crippen LogP contribution in [0.3, 0.4) is 0 Å². The number of anilines is 1. The van der Waals surface area contributed by atoms with Crippen molar-refractivity contribution in [2.75, 3.05) is 32.1 Å². The van der Waals surface area contributed by atoms with Crippen LogP contribution in [-0.2, 0) is 9.59 Å². The van der Waals surface area contributed by atoms with Crippen molar-refractivity contribution in [1.82, 2.24) is 5.32 Å². The summed E-state index contributed by atoms with van der Waals surface area (Å²) in [6.07, 6.45) is 0.880. The Morgan fingerprint density at radius 2 is 1.56 bits per heavy atom. The minimum Gasteiger partial charge on any atom is -0.497 e. The van der Waals surface area contributed by atoms with Crippen molar-refractivity contribution in [2.24, 2.45) is 5.41 Å². The third kappa shape index (κ3) is 9.43. The Morgan fingerprint density at radius 3 is 2.04 bits per heavy atom. The molecule has 0 saturated carbocycles. The van der Waals surface area contributed by atoms with E-state index in [-0.39, 0.29) is 35.9 Å². The summed E-state index contributed by atoms with van der Waals surface area (Å²) < 4.78 is 5.11. The standard InChI is InChI=1S/C21H35N3O3/c1-8-24(14-19(26)23-21(5,6)15-20(2,3)4)13-18(25)22-16-9-11-17(27-7)12-10-16/h9-12H,8,13-15H2,1-7H3,(H,22,25)(H,23,26)/p+1. The summed E-state index contributed by atoms with van der Waals surface area (Å²) in [6.45, 7) is 13.8. The predicted octanol–water partition coefficient (Wildman–Crippen LogP) is 1.87. The molecule has 1 aromatic carbocycles. The minimum atomic E-state index is -0.278. The van der Waals surface area contributed by atoms with Crippen molar-refractivity contribution in [1.29, 1.82) is 0 Å². The van der Waals surface area contributed by atoms with E-state index in [2.05, 4.69) is 31.4 Å². The molecule has 0 aliphatic rings. The first-order valence-electron chi connectivity index (χ1n) is 9.52. The molecule has 1 aromatic rings. The molecule has 0 radical (unpaired) electrons. The molecule has 1 atom stereocenters. The Morgan fingerprint density at radius 1 is 1.00 bits per heavy atom. The van der Waals surface area contributed by atoms with Crippen LogP contribution in [0.25, 0.3) is 0 Å². The quantitative estimate of drug-likeness (QED) is 0.614. The van der Waals surface area contributed by atoms with Crippen molar-refractivity contribution in [2.45, 2.75) is 53.5 Å². The lowest BCUT2D eigenvalue weighted by atomic mass is 9.82. The zero-order valence-corrected chi connectivity index (χ0v) is 17.9. The molecule has 0 heterocycles. The number of hydrogen-bond acceptors (Lipinski definition) is 3. The highest BCUT2D eigenvalue weighted by atomic mass is 16.5. The van der Waals surface area contributed by atoms with Gasteiger partial charge >= 0.3 is 0 Å². The average molecular weight is 379 g/mol. The molecule has 27 heavy (non-hydrogen) atoms. The number of quaternary nitrogens is 1. The minimum absolute atomic E-state index is 0.0293. The summed E-state index contributed by atoms with van der Waals surface area (Å²) in [5.41, 5.74) is 0.568. The maximum Gasteiger partial charge on any atom is 0.279 e. The summed E-state index contributed by atoms with van der Waals surface area (Å²) >= 11 is 0. The lowest BCUT2D eigenvalue weighted by Crippen LogP contribution is -3.14. The Kier molecular flexibility index (Phi) is 8.28. The van der Waals surface area contributed by atoms with E-state index in [0.717, 1.165) is 17.1 Å². The fourth-order valence-corrected chi connectivity index (χ4v) is 3.44. The highest BCUT2D eigenvalue weighted by Crippen LogP contribution is 2.26. The van der Waals surface area contributed by atoms with Gasteiger partial charge in [-0.25, -0.2) is 0 Å². The number of likely N-dealkylation sites (N-methyl/N-ethyl adjacent to an activating group) is 1. The highest BCUT2D eigenvalue weighted by molar-refractivity contribution is 5.91. The van der Waals surface area contributed by atoms with Crippen LogP contribution >= 0.6 is 0 Å². The zero-order chi connectivity index (χ0) is 20.7. The van der Waals surface area contributed by atoms with Gasteiger partial charge in [-0.05, 0) is 56.9 Å². The summed E-state index contributed by atoms with van der Waals surface area (Å²) in [4.78, 5) is 25.7. The van der Waals surface area contributed by atoms with Gasteiger partial charge in [-0.3, -0.25) is 9.59 Å². The van der Waals surface area contributed by atoms with Gasteiger partial charge in [0.15, 0.2) is 13.1 Å². The summed E-state index contributed by atoms with van der Waals surface area (Å²) in [5.74, 6) is 0.598. The first kappa shape index (κ1) is 23.0. The second-order valence-electron chi connectivity index (χ2n) is 8.90. The predicted molar refractivity (Wildman–Crippen MR) is 109 cm³/mol. The number of hydrogen-bond donors (Lipinski definition) is 3. The molecule has 1 unspecified atom stereocenters. The molecule has 0 aliphatic carbocycles. The second-order valence-corrected chi connectivity index (χ2v) is 8.90. The largest absolute Gasteiger partial charge is 0.497 e. The van der Waals surface area contributed by atoms with E-state index in [1.807, 2.05) is 20.8 Å². The first-order valence-corrected chi connectivity index (χ1v) is 9.52. The molecule has 0 saturated heterocycles. The van der Waals surface area contributed by atoms with Gasteiger partial charge in [-0.1, -0.05) is 20.8 Å². The molecule has 6 heteroatoms. The Balaban J connectivity index is 2.54. The lowest BCUT2D eigenvalue weighted by Gasteiger charge is -2.33. The number of ether oxygens (including phenoxy) is 1. The smallest absolute Gasteiger partial charge is 0.279 e. The van der Waals surface area contributed by atoms with E-state index in [1.54, 1.807) is 31.4 Å². The van der Waals surface area contributed by atoms with Gasteiger partial charge in [-0.2, -0.15) is 0 Å². The normalized spacial score (nSPS) is 13.0. The second kappa shape index (κ2) is 9.74. The molecule has 1 rings (SSSR count). The number of benzene rings is 1. The number of methoxy groups -OCH3 is 1. The molecule has 3 N–H and O–H groups in total. The molecule has 2 amide bonds. The molecule has 6 nitrogen and oxygen atoms in total. The van der Waals surface area contributed by atoms with E-state index in [9.17, 15) is 9.59 Å². The summed E-state index contributed by atoms with van der Waals surface area (Å²) in [6, 6.07) is 7.18. The third-order valence-corrected chi connectivity index (χ3v) is 4.14. The van der Waals surface area contributed by atoms with Gasteiger partial charge in [-0.15, -0.1) is 0 Å². The maximum atomic E-state index is 12.4. The monoisotopic (exact) mass is 378 g/mol. The van der Waals surface area contributed by atoms with Gasteiger partial charge < -0.3 is 20.3 Å². The fraction of sp³-hybridized carbons (Fsp3) is 0.619. The van der Waals surface area contributed by atoms with E-state index >= 15 is 0 Å². The van der Waals surface area contributed by atoms with Crippen LogP contribution in [-0.4, -0.2) is 44.1 Å². The number of amides is 2. The van der Waals surface area contributed by atoms with Gasteiger partial charge in [0.2, 0.25) is 0 Å². The van der Waals surface area contributed by atoms with Crippen LogP contribution in [0.4, 0.5) is 5.69 Å². The van der Waals surface area contributed by atoms with Gasteiger partial charge in [0.05, 0.1) is 13.7 Å². The molecule has 0 fully saturated rings. The number of carbonyl (C=O) groups excluding carboxylic acids is 2. The van der Waals surface area contributed by atoms with Crippen LogP contribution in [0.5, 0.6) is 5.75 Å². The van der Waals surface area contributed by atoms with E-state index in [0.29, 0.717) is 12.2 Å². The Labute approximate surface area is 163 Å². The third-order valence-electron chi connectivity index (χ3n) is 4.14. The summed E-state index contributed by atoms with van der Waals surface area (Å²) in [5, 5.41) is 5.97. The van der Waals surface area contributed by atoms with Crippen LogP contribution < -0.4 is 20.3 Å². The van der Waals surface area contributed by atoms with E-state index in [1.165, 1.54) is 0 Å². The van der Waals surface area contributed by atoms with Gasteiger partial charge in [0.1, 0.15) is 5.75 Å². The summed E-state index contributed by atoms with van der Waals surface area (Å²) in [7, 11) is 1.60. The topological polar surface area (TPSA) is 71.9 Å². The van der Waals surface area contributed by atoms with Crippen molar-refractivity contribution in [3.05, 3.63) is 24.3 Å². The maximum absolute atomic E-state index is 12.4. The van der Waals surface area contributed by atoms with Crippen LogP contribution in [0.15, 0.2) is 24.3 Å². The van der Waals surface area contributed by atoms with Gasteiger partial charge in [0, 0.05) is 11.2 Å². The molecular weight excluding hydrogens is 342 g/mol. The van der Waals surface area contributed by atoms with Crippen LogP contribution in [0.1, 0.15) is 48.0 Å². The molecule has 0 aromatic heterocycles. The van der Waals surface area contributed by atoms with Crippen molar-refractivity contribution in [3.63, 3.8) is 0 Å². The first-order chi connectivity index (χ1) is 12.4. The number of rotatable bonds is 9. The molecule has 0 spiro atoms. The van der Waals surface area contributed by atoms with Crippen LogP contribution in [0, 0.1) is 5.41 Å². The van der Waals surface area contributed by atoms with E-state index < -0.39 is 0 Å². The Bertz CT molecular complexity index is 619. The Hall–Kier alpha value is -2.08. The molecule has 0 bridgehead atoms. The van der Waals surface area contributed by atoms with Crippen molar-refractivity contribution in [3.8, 4) is 5.75 Å². The van der Waals surface area contributed by atoms with Crippen molar-refractivity contribution < 1.29 is 19.2 Å². The molecular formula is C21H36N3O3+. The van der Waals surface area contributed by atoms with E-state index in [4.69, 9.17) is 4.74 Å².